The third-order valence-corrected chi connectivity index (χ3v) is 8.38. The van der Waals surface area contributed by atoms with Gasteiger partial charge in [0.05, 0.1) is 0 Å². The Labute approximate surface area is 144 Å². The van der Waals surface area contributed by atoms with Gasteiger partial charge in [-0.2, -0.15) is 0 Å². The molecule has 4 saturated carbocycles. The fraction of sp³-hybridized carbons (Fsp3) is 0.857. The summed E-state index contributed by atoms with van der Waals surface area (Å²) in [6.45, 7) is 3.91. The highest BCUT2D eigenvalue weighted by atomic mass is 16.1. The molecule has 0 heterocycles. The Kier molecular flexibility index (Phi) is 3.97. The van der Waals surface area contributed by atoms with Crippen LogP contribution in [0.4, 0.5) is 0 Å². The van der Waals surface area contributed by atoms with E-state index in [1.807, 2.05) is 0 Å². The first-order chi connectivity index (χ1) is 11.5. The maximum absolute atomic E-state index is 13.2. The van der Waals surface area contributed by atoms with Crippen molar-refractivity contribution in [2.45, 2.75) is 71.6 Å². The molecule has 0 amide bonds. The minimum absolute atomic E-state index is 0.0542. The van der Waals surface area contributed by atoms with Gasteiger partial charge in [-0.1, -0.05) is 6.92 Å². The van der Waals surface area contributed by atoms with E-state index in [0.29, 0.717) is 60.3 Å². The van der Waals surface area contributed by atoms with Gasteiger partial charge in [0, 0.05) is 31.1 Å². The van der Waals surface area contributed by atoms with Crippen molar-refractivity contribution >= 4 is 17.3 Å². The second-order valence-electron chi connectivity index (χ2n) is 9.05. The second-order valence-corrected chi connectivity index (χ2v) is 9.05. The third-order valence-electron chi connectivity index (χ3n) is 8.38. The standard InChI is InChI=1S/C21H30O3/c1-3-21-11-19(24)20-15-7-5-14(23)10-13(15)4-6-16(20)18(21)9-8-17(21)12(2)22/h13,15-18,20H,3-11H2,1-2H3/t13-,15+,16+,17-,18+,20-,21-/m1/s1. The summed E-state index contributed by atoms with van der Waals surface area (Å²) in [7, 11) is 0. The van der Waals surface area contributed by atoms with E-state index >= 15 is 0 Å². The number of rotatable bonds is 2. The summed E-state index contributed by atoms with van der Waals surface area (Å²) in [6, 6.07) is 0. The maximum Gasteiger partial charge on any atom is 0.137 e. The van der Waals surface area contributed by atoms with Crippen LogP contribution in [0.25, 0.3) is 0 Å². The van der Waals surface area contributed by atoms with Gasteiger partial charge in [0.1, 0.15) is 17.3 Å². The third kappa shape index (κ3) is 2.19. The molecule has 0 N–H and O–H groups in total. The van der Waals surface area contributed by atoms with E-state index in [1.54, 1.807) is 6.92 Å². The maximum atomic E-state index is 13.2. The van der Waals surface area contributed by atoms with Crippen LogP contribution < -0.4 is 0 Å². The van der Waals surface area contributed by atoms with E-state index in [0.717, 1.165) is 38.5 Å². The Hall–Kier alpha value is -0.990. The molecule has 132 valence electrons. The zero-order valence-electron chi connectivity index (χ0n) is 15.1. The minimum atomic E-state index is -0.0542. The lowest BCUT2D eigenvalue weighted by molar-refractivity contribution is -0.152. The minimum Gasteiger partial charge on any atom is -0.300 e. The van der Waals surface area contributed by atoms with Gasteiger partial charge >= 0.3 is 0 Å². The highest BCUT2D eigenvalue weighted by Crippen LogP contribution is 2.64. The number of carbonyl (C=O) groups excluding carboxylic acids is 3. The number of ketones is 3. The highest BCUT2D eigenvalue weighted by Gasteiger charge is 2.61. The molecular weight excluding hydrogens is 300 g/mol. The van der Waals surface area contributed by atoms with Crippen LogP contribution in [0.1, 0.15) is 71.6 Å². The van der Waals surface area contributed by atoms with Crippen molar-refractivity contribution in [3.05, 3.63) is 0 Å². The van der Waals surface area contributed by atoms with Gasteiger partial charge in [0.25, 0.3) is 0 Å². The quantitative estimate of drug-likeness (QED) is 0.769. The molecule has 0 saturated heterocycles. The molecule has 0 bridgehead atoms. The Morgan fingerprint density at radius 1 is 1.08 bits per heavy atom. The zero-order chi connectivity index (χ0) is 17.1. The van der Waals surface area contributed by atoms with Crippen LogP contribution in [0, 0.1) is 40.9 Å². The van der Waals surface area contributed by atoms with Crippen molar-refractivity contribution in [1.82, 2.24) is 0 Å². The average Bonchev–Trinajstić information content (AvgIpc) is 2.94. The molecule has 3 heteroatoms. The van der Waals surface area contributed by atoms with Gasteiger partial charge in [0.2, 0.25) is 0 Å². The Balaban J connectivity index is 1.67. The van der Waals surface area contributed by atoms with Crippen LogP contribution in [-0.4, -0.2) is 17.3 Å². The smallest absolute Gasteiger partial charge is 0.137 e. The van der Waals surface area contributed by atoms with Crippen LogP contribution in [-0.2, 0) is 14.4 Å². The summed E-state index contributed by atoms with van der Waals surface area (Å²) < 4.78 is 0. The van der Waals surface area contributed by atoms with E-state index in [-0.39, 0.29) is 17.3 Å². The van der Waals surface area contributed by atoms with Crippen molar-refractivity contribution in [3.63, 3.8) is 0 Å². The van der Waals surface area contributed by atoms with Gasteiger partial charge in [-0.25, -0.2) is 0 Å². The van der Waals surface area contributed by atoms with Crippen molar-refractivity contribution in [2.75, 3.05) is 0 Å². The second kappa shape index (κ2) is 5.78. The summed E-state index contributed by atoms with van der Waals surface area (Å²) in [5.41, 5.74) is -0.0542. The van der Waals surface area contributed by atoms with Crippen molar-refractivity contribution in [2.24, 2.45) is 40.9 Å². The molecular formula is C21H30O3. The summed E-state index contributed by atoms with van der Waals surface area (Å²) >= 11 is 0. The van der Waals surface area contributed by atoms with E-state index in [4.69, 9.17) is 0 Å². The molecule has 4 aliphatic rings. The number of hydrogen-bond donors (Lipinski definition) is 0. The van der Waals surface area contributed by atoms with Crippen LogP contribution in [0.3, 0.4) is 0 Å². The molecule has 0 radical (unpaired) electrons. The molecule has 3 nitrogen and oxygen atoms in total. The molecule has 4 fully saturated rings. The predicted octanol–water partition coefficient (Wildman–Crippen LogP) is 3.98. The first kappa shape index (κ1) is 16.5. The summed E-state index contributed by atoms with van der Waals surface area (Å²) in [6.07, 6.45) is 8.23. The molecule has 24 heavy (non-hydrogen) atoms. The Morgan fingerprint density at radius 3 is 2.58 bits per heavy atom. The molecule has 0 aromatic heterocycles. The van der Waals surface area contributed by atoms with Gasteiger partial charge < -0.3 is 0 Å². The number of Topliss-reactive ketones (excluding diaryl/α,β-unsaturated/α-hetero) is 3. The van der Waals surface area contributed by atoms with E-state index in [1.165, 1.54) is 0 Å². The SMILES string of the molecule is CC[C@]12CC(=O)[C@H]3[C@@H](CC[C@@H]4CC(=O)CC[C@@H]43)[C@@H]1CC[C@@H]2C(C)=O. The van der Waals surface area contributed by atoms with E-state index in [9.17, 15) is 14.4 Å². The van der Waals surface area contributed by atoms with Gasteiger partial charge in [-0.05, 0) is 74.5 Å². The molecule has 7 atom stereocenters. The number of fused-ring (bicyclic) bond motifs is 5. The molecule has 4 aliphatic carbocycles. The molecule has 0 aromatic carbocycles. The van der Waals surface area contributed by atoms with Crippen LogP contribution in [0.5, 0.6) is 0 Å². The summed E-state index contributed by atoms with van der Waals surface area (Å²) in [4.78, 5) is 37.3. The normalized spacial score (nSPS) is 47.8. The van der Waals surface area contributed by atoms with Crippen LogP contribution in [0.15, 0.2) is 0 Å². The lowest BCUT2D eigenvalue weighted by Crippen LogP contribution is -2.54. The Bertz CT molecular complexity index is 580. The van der Waals surface area contributed by atoms with Gasteiger partial charge in [-0.3, -0.25) is 14.4 Å². The van der Waals surface area contributed by atoms with Crippen LogP contribution in [0.2, 0.25) is 0 Å². The molecule has 0 spiro atoms. The fourth-order valence-corrected chi connectivity index (χ4v) is 7.49. The fourth-order valence-electron chi connectivity index (χ4n) is 7.49. The molecule has 0 unspecified atom stereocenters. The lowest BCUT2D eigenvalue weighted by atomic mass is 9.48. The summed E-state index contributed by atoms with van der Waals surface area (Å²) in [5.74, 6) is 3.34. The molecule has 0 aromatic rings. The largest absolute Gasteiger partial charge is 0.300 e. The van der Waals surface area contributed by atoms with Gasteiger partial charge in [-0.15, -0.1) is 0 Å². The summed E-state index contributed by atoms with van der Waals surface area (Å²) in [5, 5.41) is 0. The van der Waals surface area contributed by atoms with Crippen molar-refractivity contribution < 1.29 is 14.4 Å². The van der Waals surface area contributed by atoms with E-state index < -0.39 is 0 Å². The topological polar surface area (TPSA) is 51.2 Å². The highest BCUT2D eigenvalue weighted by molar-refractivity contribution is 5.87. The first-order valence-electron chi connectivity index (χ1n) is 10.0. The molecule has 0 aliphatic heterocycles. The molecule has 4 rings (SSSR count). The lowest BCUT2D eigenvalue weighted by Gasteiger charge is -2.55. The zero-order valence-corrected chi connectivity index (χ0v) is 15.1. The monoisotopic (exact) mass is 330 g/mol. The van der Waals surface area contributed by atoms with Crippen LogP contribution >= 0.6 is 0 Å². The van der Waals surface area contributed by atoms with Crippen molar-refractivity contribution in [3.8, 4) is 0 Å². The van der Waals surface area contributed by atoms with Crippen molar-refractivity contribution in [1.29, 1.82) is 0 Å². The van der Waals surface area contributed by atoms with E-state index in [2.05, 4.69) is 6.92 Å². The van der Waals surface area contributed by atoms with Gasteiger partial charge in [0.15, 0.2) is 0 Å². The average molecular weight is 330 g/mol. The number of carbonyl (C=O) groups is 3. The predicted molar refractivity (Wildman–Crippen MR) is 91.3 cm³/mol. The Morgan fingerprint density at radius 2 is 1.88 bits per heavy atom. The first-order valence-corrected chi connectivity index (χ1v) is 10.0. The number of hydrogen-bond acceptors (Lipinski definition) is 3.